The number of para-hydroxylation sites is 1. The second-order valence-electron chi connectivity index (χ2n) is 9.54. The fourth-order valence-electron chi connectivity index (χ4n) is 4.85. The first-order valence-corrected chi connectivity index (χ1v) is 13.5. The van der Waals surface area contributed by atoms with Crippen molar-refractivity contribution in [1.82, 2.24) is 14.9 Å². The molecule has 2 fully saturated rings. The summed E-state index contributed by atoms with van der Waals surface area (Å²) >= 11 is 0. The lowest BCUT2D eigenvalue weighted by Crippen LogP contribution is -2.37. The first-order chi connectivity index (χ1) is 18.7. The average Bonchev–Trinajstić information content (AvgIpc) is 2.96. The van der Waals surface area contributed by atoms with E-state index in [0.717, 1.165) is 61.2 Å². The third kappa shape index (κ3) is 7.59. The summed E-state index contributed by atoms with van der Waals surface area (Å²) in [6.45, 7) is 8.29. The molecule has 2 N–H and O–H groups in total. The Labute approximate surface area is 236 Å². The Morgan fingerprint density at radius 2 is 1.56 bits per heavy atom. The predicted molar refractivity (Wildman–Crippen MR) is 157 cm³/mol. The van der Waals surface area contributed by atoms with Crippen LogP contribution in [0.1, 0.15) is 31.9 Å². The number of urea groups is 1. The molecular formula is C29H37ClN6O3. The third-order valence-corrected chi connectivity index (χ3v) is 6.77. The maximum Gasteiger partial charge on any atom is 0.323 e. The normalized spacial score (nSPS) is 15.8. The molecular weight excluding hydrogens is 516 g/mol. The number of carbonyl (C=O) groups excluding carboxylic acids is 1. The van der Waals surface area contributed by atoms with Crippen molar-refractivity contribution >= 4 is 35.6 Å². The zero-order chi connectivity index (χ0) is 26.2. The number of amides is 2. The molecule has 9 nitrogen and oxygen atoms in total. The summed E-state index contributed by atoms with van der Waals surface area (Å²) in [6, 6.07) is 16.7. The summed E-state index contributed by atoms with van der Waals surface area (Å²) in [5.41, 5.74) is 3.23. The van der Waals surface area contributed by atoms with E-state index in [1.165, 1.54) is 19.3 Å². The van der Waals surface area contributed by atoms with Gasteiger partial charge in [0.05, 0.1) is 19.8 Å². The highest BCUT2D eigenvalue weighted by Gasteiger charge is 2.25. The van der Waals surface area contributed by atoms with Gasteiger partial charge in [-0.15, -0.1) is 12.4 Å². The summed E-state index contributed by atoms with van der Waals surface area (Å²) in [5, 5.41) is 5.72. The summed E-state index contributed by atoms with van der Waals surface area (Å²) in [5.74, 6) is 2.26. The van der Waals surface area contributed by atoms with Crippen molar-refractivity contribution in [2.24, 2.45) is 0 Å². The van der Waals surface area contributed by atoms with E-state index >= 15 is 0 Å². The van der Waals surface area contributed by atoms with Crippen LogP contribution in [0, 0.1) is 0 Å². The molecule has 3 heterocycles. The van der Waals surface area contributed by atoms with Crippen LogP contribution in [-0.4, -0.2) is 66.9 Å². The number of benzene rings is 2. The molecule has 1 aromatic heterocycles. The van der Waals surface area contributed by atoms with E-state index in [4.69, 9.17) is 19.4 Å². The third-order valence-electron chi connectivity index (χ3n) is 6.77. The van der Waals surface area contributed by atoms with Gasteiger partial charge in [0.2, 0.25) is 0 Å². The molecule has 0 aliphatic carbocycles. The minimum atomic E-state index is -0.292. The number of piperidine rings is 1. The van der Waals surface area contributed by atoms with Gasteiger partial charge >= 0.3 is 6.03 Å². The summed E-state index contributed by atoms with van der Waals surface area (Å²) in [4.78, 5) is 27.1. The molecule has 2 amide bonds. The van der Waals surface area contributed by atoms with Gasteiger partial charge in [-0.05, 0) is 69.3 Å². The molecule has 5 rings (SSSR count). The number of ether oxygens (including phenoxy) is 2. The number of aromatic nitrogens is 2. The molecule has 0 spiro atoms. The smallest absolute Gasteiger partial charge is 0.323 e. The molecule has 2 saturated heterocycles. The Kier molecular flexibility index (Phi) is 10.4. The monoisotopic (exact) mass is 552 g/mol. The van der Waals surface area contributed by atoms with E-state index in [9.17, 15) is 4.79 Å². The van der Waals surface area contributed by atoms with Gasteiger partial charge in [-0.3, -0.25) is 4.90 Å². The molecule has 39 heavy (non-hydrogen) atoms. The summed E-state index contributed by atoms with van der Waals surface area (Å²) < 4.78 is 11.8. The highest BCUT2D eigenvalue weighted by molar-refractivity contribution is 5.99. The van der Waals surface area contributed by atoms with Crippen molar-refractivity contribution < 1.29 is 14.3 Å². The van der Waals surface area contributed by atoms with Crippen LogP contribution < -0.4 is 20.3 Å². The van der Waals surface area contributed by atoms with Gasteiger partial charge in [0.15, 0.2) is 17.4 Å². The molecule has 0 saturated carbocycles. The molecule has 2 aliphatic rings. The van der Waals surface area contributed by atoms with Crippen LogP contribution in [0.15, 0.2) is 54.6 Å². The van der Waals surface area contributed by atoms with Crippen molar-refractivity contribution in [2.75, 3.05) is 61.5 Å². The topological polar surface area (TPSA) is 91.8 Å². The summed E-state index contributed by atoms with van der Waals surface area (Å²) in [7, 11) is 0. The van der Waals surface area contributed by atoms with E-state index in [2.05, 4.69) is 20.4 Å². The van der Waals surface area contributed by atoms with Crippen LogP contribution in [0.5, 0.6) is 5.75 Å². The maximum atomic E-state index is 12.4. The highest BCUT2D eigenvalue weighted by Crippen LogP contribution is 2.34. The number of hydrogen-bond acceptors (Lipinski definition) is 7. The Morgan fingerprint density at radius 1 is 0.897 bits per heavy atom. The van der Waals surface area contributed by atoms with Crippen LogP contribution in [0.4, 0.5) is 22.0 Å². The first kappa shape index (κ1) is 28.6. The van der Waals surface area contributed by atoms with Crippen LogP contribution in [-0.2, 0) is 11.3 Å². The number of rotatable bonds is 8. The number of morpholine rings is 1. The van der Waals surface area contributed by atoms with Crippen molar-refractivity contribution in [3.05, 3.63) is 60.3 Å². The zero-order valence-electron chi connectivity index (χ0n) is 22.4. The van der Waals surface area contributed by atoms with Crippen molar-refractivity contribution in [3.63, 3.8) is 0 Å². The second kappa shape index (κ2) is 14.1. The molecule has 2 aliphatic heterocycles. The Balaban J connectivity index is 0.00000353. The van der Waals surface area contributed by atoms with Gasteiger partial charge in [0, 0.05) is 36.6 Å². The molecule has 0 bridgehead atoms. The SMILES string of the molecule is CCOc1c(CN2CCCCC2)nc(-c2ccc(NC(=O)Nc3ccccc3)cc2)nc1N1CCOCC1.Cl. The van der Waals surface area contributed by atoms with Gasteiger partial charge in [-0.2, -0.15) is 0 Å². The van der Waals surface area contributed by atoms with Gasteiger partial charge in [0.1, 0.15) is 5.69 Å². The van der Waals surface area contributed by atoms with Crippen LogP contribution in [0.25, 0.3) is 11.4 Å². The molecule has 0 atom stereocenters. The number of anilines is 3. The fourth-order valence-corrected chi connectivity index (χ4v) is 4.85. The number of halogens is 1. The van der Waals surface area contributed by atoms with Gasteiger partial charge in [0.25, 0.3) is 0 Å². The number of nitrogens with one attached hydrogen (secondary N) is 2. The van der Waals surface area contributed by atoms with Crippen LogP contribution in [0.3, 0.4) is 0 Å². The van der Waals surface area contributed by atoms with Gasteiger partial charge in [-0.25, -0.2) is 14.8 Å². The molecule has 3 aromatic rings. The van der Waals surface area contributed by atoms with E-state index in [1.807, 2.05) is 61.5 Å². The number of nitrogens with zero attached hydrogens (tertiary/aromatic N) is 4. The number of hydrogen-bond donors (Lipinski definition) is 2. The van der Waals surface area contributed by atoms with Crippen molar-refractivity contribution in [2.45, 2.75) is 32.7 Å². The Morgan fingerprint density at radius 3 is 2.23 bits per heavy atom. The number of carbonyl (C=O) groups is 1. The van der Waals surface area contributed by atoms with Crippen molar-refractivity contribution in [3.8, 4) is 17.1 Å². The molecule has 0 radical (unpaired) electrons. The lowest BCUT2D eigenvalue weighted by molar-refractivity contribution is 0.122. The zero-order valence-corrected chi connectivity index (χ0v) is 23.2. The minimum absolute atomic E-state index is 0. The maximum absolute atomic E-state index is 12.4. The lowest BCUT2D eigenvalue weighted by Gasteiger charge is -2.31. The van der Waals surface area contributed by atoms with Crippen molar-refractivity contribution in [1.29, 1.82) is 0 Å². The predicted octanol–water partition coefficient (Wildman–Crippen LogP) is 5.43. The van der Waals surface area contributed by atoms with Gasteiger partial charge in [-0.1, -0.05) is 24.6 Å². The van der Waals surface area contributed by atoms with E-state index in [0.29, 0.717) is 31.3 Å². The van der Waals surface area contributed by atoms with E-state index in [-0.39, 0.29) is 18.4 Å². The summed E-state index contributed by atoms with van der Waals surface area (Å²) in [6.07, 6.45) is 3.71. The molecule has 2 aromatic carbocycles. The quantitative estimate of drug-likeness (QED) is 0.385. The molecule has 10 heteroatoms. The van der Waals surface area contributed by atoms with Crippen LogP contribution >= 0.6 is 12.4 Å². The highest BCUT2D eigenvalue weighted by atomic mass is 35.5. The number of likely N-dealkylation sites (tertiary alicyclic amines) is 1. The fraction of sp³-hybridized carbons (Fsp3) is 0.414. The standard InChI is InChI=1S/C29H36N6O3.ClH/c1-2-38-26-25(21-34-15-7-4-8-16-34)32-27(33-28(26)35-17-19-37-20-18-35)22-11-13-24(14-12-22)31-29(36)30-23-9-5-3-6-10-23;/h3,5-6,9-14H,2,4,7-8,15-21H2,1H3,(H2,30,31,36);1H. The largest absolute Gasteiger partial charge is 0.488 e. The van der Waals surface area contributed by atoms with Crippen LogP contribution in [0.2, 0.25) is 0 Å². The average molecular weight is 553 g/mol. The Bertz CT molecular complexity index is 1200. The second-order valence-corrected chi connectivity index (χ2v) is 9.54. The molecule has 208 valence electrons. The Hall–Kier alpha value is -3.40. The van der Waals surface area contributed by atoms with E-state index < -0.39 is 0 Å². The van der Waals surface area contributed by atoms with E-state index in [1.54, 1.807) is 0 Å². The lowest BCUT2D eigenvalue weighted by atomic mass is 10.1. The van der Waals surface area contributed by atoms with Gasteiger partial charge < -0.3 is 25.0 Å². The molecule has 0 unspecified atom stereocenters. The minimum Gasteiger partial charge on any atom is -0.488 e. The first-order valence-electron chi connectivity index (χ1n) is 13.5.